The Hall–Kier alpha value is -2.79. The number of para-hydroxylation sites is 1. The predicted molar refractivity (Wildman–Crippen MR) is 134 cm³/mol. The van der Waals surface area contributed by atoms with Crippen LogP contribution in [0.5, 0.6) is 5.75 Å². The summed E-state index contributed by atoms with van der Waals surface area (Å²) in [6.45, 7) is 7.03. The van der Waals surface area contributed by atoms with E-state index in [1.165, 1.54) is 0 Å². The lowest BCUT2D eigenvalue weighted by molar-refractivity contribution is -0.144. The third-order valence-corrected chi connectivity index (χ3v) is 6.59. The summed E-state index contributed by atoms with van der Waals surface area (Å²) in [7, 11) is 0. The Balaban J connectivity index is 1.50. The van der Waals surface area contributed by atoms with Gasteiger partial charge < -0.3 is 19.3 Å². The second-order valence-electron chi connectivity index (χ2n) is 9.51. The lowest BCUT2D eigenvalue weighted by Crippen LogP contribution is -2.47. The van der Waals surface area contributed by atoms with Gasteiger partial charge in [0, 0.05) is 39.1 Å². The number of hydrogen-bond acceptors (Lipinski definition) is 5. The largest absolute Gasteiger partial charge is 0.489 e. The van der Waals surface area contributed by atoms with Crippen LogP contribution in [0.4, 0.5) is 26.3 Å². The van der Waals surface area contributed by atoms with Crippen LogP contribution < -0.4 is 4.74 Å². The van der Waals surface area contributed by atoms with Gasteiger partial charge in [-0.05, 0) is 68.1 Å². The summed E-state index contributed by atoms with van der Waals surface area (Å²) < 4.78 is 89.6. The van der Waals surface area contributed by atoms with Gasteiger partial charge in [-0.1, -0.05) is 18.2 Å². The second kappa shape index (κ2) is 14.0. The highest BCUT2D eigenvalue weighted by molar-refractivity contribution is 5.69. The van der Waals surface area contributed by atoms with Crippen molar-refractivity contribution in [1.29, 1.82) is 0 Å². The van der Waals surface area contributed by atoms with E-state index in [0.717, 1.165) is 57.7 Å². The molecule has 1 fully saturated rings. The molecule has 5 nitrogen and oxygen atoms in total. The van der Waals surface area contributed by atoms with Crippen LogP contribution in [-0.4, -0.2) is 61.6 Å². The Morgan fingerprint density at radius 2 is 1.44 bits per heavy atom. The Kier molecular flexibility index (Phi) is 11.1. The molecule has 216 valence electrons. The zero-order valence-electron chi connectivity index (χ0n) is 21.9. The molecule has 0 atom stereocenters. The van der Waals surface area contributed by atoms with E-state index in [0.29, 0.717) is 37.3 Å². The highest BCUT2D eigenvalue weighted by atomic mass is 19.4. The number of unbranched alkanes of at least 4 members (excludes halogenated alkanes) is 1. The van der Waals surface area contributed by atoms with Crippen LogP contribution >= 0.6 is 0 Å². The Labute approximate surface area is 224 Å². The summed E-state index contributed by atoms with van der Waals surface area (Å²) >= 11 is 0. The number of nitrogens with zero attached hydrogens (tertiary/aromatic N) is 2. The highest BCUT2D eigenvalue weighted by Crippen LogP contribution is 2.36. The van der Waals surface area contributed by atoms with Gasteiger partial charge in [-0.25, -0.2) is 0 Å². The van der Waals surface area contributed by atoms with Crippen LogP contribution in [0.3, 0.4) is 0 Å². The van der Waals surface area contributed by atoms with E-state index < -0.39 is 30.1 Å². The quantitative estimate of drug-likeness (QED) is 0.176. The lowest BCUT2D eigenvalue weighted by atomic mass is 10.0. The molecule has 1 heterocycles. The molecule has 1 aliphatic rings. The molecule has 0 aromatic heterocycles. The molecule has 39 heavy (non-hydrogen) atoms. The minimum Gasteiger partial charge on any atom is -0.489 e. The molecule has 0 N–H and O–H groups in total. The van der Waals surface area contributed by atoms with Gasteiger partial charge in [-0.15, -0.1) is 0 Å². The third-order valence-electron chi connectivity index (χ3n) is 6.59. The van der Waals surface area contributed by atoms with Crippen LogP contribution in [0.25, 0.3) is 0 Å². The van der Waals surface area contributed by atoms with E-state index in [2.05, 4.69) is 9.80 Å². The van der Waals surface area contributed by atoms with Crippen LogP contribution in [0, 0.1) is 0 Å². The minimum absolute atomic E-state index is 0.112. The van der Waals surface area contributed by atoms with Crippen molar-refractivity contribution in [1.82, 2.24) is 9.80 Å². The van der Waals surface area contributed by atoms with E-state index in [1.807, 2.05) is 12.1 Å². The summed E-state index contributed by atoms with van der Waals surface area (Å²) in [4.78, 5) is 16.1. The molecular formula is C28H34F6N2O3. The summed E-state index contributed by atoms with van der Waals surface area (Å²) in [6, 6.07) is 8.54. The molecule has 0 radical (unpaired) electrons. The summed E-state index contributed by atoms with van der Waals surface area (Å²) in [5.74, 6) is 0.274. The maximum absolute atomic E-state index is 13.2. The van der Waals surface area contributed by atoms with Crippen molar-refractivity contribution in [3.63, 3.8) is 0 Å². The molecule has 0 amide bonds. The van der Waals surface area contributed by atoms with Crippen molar-refractivity contribution in [3.8, 4) is 5.75 Å². The van der Waals surface area contributed by atoms with Gasteiger partial charge in [0.15, 0.2) is 0 Å². The van der Waals surface area contributed by atoms with Crippen LogP contribution in [0.2, 0.25) is 0 Å². The fourth-order valence-corrected chi connectivity index (χ4v) is 4.47. The normalized spacial score (nSPS) is 15.4. The summed E-state index contributed by atoms with van der Waals surface area (Å²) in [5, 5.41) is 0. The second-order valence-corrected chi connectivity index (χ2v) is 9.51. The van der Waals surface area contributed by atoms with Crippen molar-refractivity contribution >= 4 is 5.97 Å². The average Bonchev–Trinajstić information content (AvgIpc) is 2.89. The van der Waals surface area contributed by atoms with E-state index >= 15 is 0 Å². The molecule has 0 spiro atoms. The van der Waals surface area contributed by atoms with Gasteiger partial charge in [-0.3, -0.25) is 4.79 Å². The fourth-order valence-electron chi connectivity index (χ4n) is 4.47. The summed E-state index contributed by atoms with van der Waals surface area (Å²) in [6.07, 6.45) is -7.01. The van der Waals surface area contributed by atoms with Crippen molar-refractivity contribution in [3.05, 3.63) is 64.7 Å². The third kappa shape index (κ3) is 10.0. The number of esters is 1. The average molecular weight is 561 g/mol. The van der Waals surface area contributed by atoms with E-state index in [4.69, 9.17) is 9.47 Å². The predicted octanol–water partition coefficient (Wildman–Crippen LogP) is 6.20. The Bertz CT molecular complexity index is 1030. The maximum Gasteiger partial charge on any atom is 0.416 e. The zero-order valence-corrected chi connectivity index (χ0v) is 21.9. The maximum atomic E-state index is 13.2. The number of ether oxygens (including phenoxy) is 2. The number of rotatable bonds is 12. The van der Waals surface area contributed by atoms with Crippen molar-refractivity contribution in [2.45, 2.75) is 51.6 Å². The van der Waals surface area contributed by atoms with Gasteiger partial charge in [0.05, 0.1) is 17.7 Å². The van der Waals surface area contributed by atoms with Gasteiger partial charge >= 0.3 is 18.3 Å². The molecular weight excluding hydrogens is 526 g/mol. The number of carbonyl (C=O) groups is 1. The van der Waals surface area contributed by atoms with E-state index in [1.54, 1.807) is 19.1 Å². The van der Waals surface area contributed by atoms with E-state index in [9.17, 15) is 31.1 Å². The molecule has 3 rings (SSSR count). The topological polar surface area (TPSA) is 42.0 Å². The number of hydrogen-bond donors (Lipinski definition) is 0. The first-order valence-corrected chi connectivity index (χ1v) is 13.0. The molecule has 0 saturated carbocycles. The van der Waals surface area contributed by atoms with Crippen molar-refractivity contribution in [2.24, 2.45) is 0 Å². The van der Waals surface area contributed by atoms with Gasteiger partial charge in [0.25, 0.3) is 0 Å². The van der Waals surface area contributed by atoms with E-state index in [-0.39, 0.29) is 17.6 Å². The highest BCUT2D eigenvalue weighted by Gasteiger charge is 2.37. The summed E-state index contributed by atoms with van der Waals surface area (Å²) in [5.41, 5.74) is -2.09. The number of piperazine rings is 1. The number of benzene rings is 2. The molecule has 2 aromatic rings. The molecule has 2 aromatic carbocycles. The first-order valence-electron chi connectivity index (χ1n) is 13.0. The molecule has 1 aliphatic heterocycles. The molecule has 0 bridgehead atoms. The fraction of sp³-hybridized carbons (Fsp3) is 0.536. The molecule has 11 heteroatoms. The molecule has 0 aliphatic carbocycles. The smallest absolute Gasteiger partial charge is 0.416 e. The van der Waals surface area contributed by atoms with Crippen LogP contribution in [0.1, 0.15) is 48.4 Å². The number of halogens is 6. The minimum atomic E-state index is -4.90. The Morgan fingerprint density at radius 3 is 2.03 bits per heavy atom. The number of alkyl halides is 6. The molecule has 0 unspecified atom stereocenters. The van der Waals surface area contributed by atoms with Gasteiger partial charge in [0.1, 0.15) is 12.4 Å². The van der Waals surface area contributed by atoms with Gasteiger partial charge in [0.2, 0.25) is 0 Å². The standard InChI is InChI=1S/C28H34F6N2O3/c1-2-38-26(37)9-5-6-11-35-13-15-36(16-14-35)12-10-22-7-3-4-8-25(22)39-20-21-17-23(27(29,30)31)19-24(18-21)28(32,33)34/h3-4,7-8,17-19H,2,5-6,9-16,20H2,1H3. The lowest BCUT2D eigenvalue weighted by Gasteiger charge is -2.34. The zero-order chi connectivity index (χ0) is 28.5. The van der Waals surface area contributed by atoms with Crippen LogP contribution in [-0.2, 0) is 34.9 Å². The Morgan fingerprint density at radius 1 is 0.846 bits per heavy atom. The first-order chi connectivity index (χ1) is 18.5. The SMILES string of the molecule is CCOC(=O)CCCCN1CCN(CCc2ccccc2OCc2cc(C(F)(F)F)cc(C(F)(F)F)c2)CC1. The van der Waals surface area contributed by atoms with Crippen molar-refractivity contribution in [2.75, 3.05) is 45.9 Å². The first kappa shape index (κ1) is 30.7. The molecule has 1 saturated heterocycles. The van der Waals surface area contributed by atoms with Crippen molar-refractivity contribution < 1.29 is 40.6 Å². The van der Waals surface area contributed by atoms with Gasteiger partial charge in [-0.2, -0.15) is 26.3 Å². The van der Waals surface area contributed by atoms with Crippen LogP contribution in [0.15, 0.2) is 42.5 Å². The monoisotopic (exact) mass is 560 g/mol. The number of carbonyl (C=O) groups excluding carboxylic acids is 1.